The fourth-order valence-electron chi connectivity index (χ4n) is 3.76. The Bertz CT molecular complexity index is 1760. The van der Waals surface area contributed by atoms with Crippen LogP contribution >= 0.6 is 11.6 Å². The van der Waals surface area contributed by atoms with Crippen LogP contribution in [-0.4, -0.2) is 61.1 Å². The van der Waals surface area contributed by atoms with Gasteiger partial charge in [-0.05, 0) is 31.5 Å². The molecule has 4 aromatic rings. The second-order valence-corrected chi connectivity index (χ2v) is 9.11. The van der Waals surface area contributed by atoms with Crippen LogP contribution in [0.15, 0.2) is 47.9 Å². The van der Waals surface area contributed by atoms with Gasteiger partial charge in [-0.2, -0.15) is 26.3 Å². The standard InChI is InChI=1S/C22H19ClFN5O2.2C2HF3O2/c1-11-16(23)7-15(20(31-3)18(11)13-6-14(24)9-26-8-13)12(2)29-5-4-17(30)19-21(25)27-10-28-22(19)29;2*3-2(4,5)1(6)7/h4-10,12H,1-3H3,(H2,25,27,28);2*(H,6,7). The molecule has 0 saturated heterocycles. The summed E-state index contributed by atoms with van der Waals surface area (Å²) in [5.74, 6) is -5.35. The number of methoxy groups -OCH3 is 1. The molecule has 0 spiro atoms. The average Bonchev–Trinajstić information content (AvgIpc) is 2.93. The van der Waals surface area contributed by atoms with E-state index >= 15 is 0 Å². The van der Waals surface area contributed by atoms with E-state index in [1.807, 2.05) is 13.8 Å². The molecule has 3 aromatic heterocycles. The molecule has 1 aromatic carbocycles. The summed E-state index contributed by atoms with van der Waals surface area (Å²) in [5, 5.41) is 15.0. The molecule has 4 rings (SSSR count). The van der Waals surface area contributed by atoms with Gasteiger partial charge in [-0.15, -0.1) is 0 Å². The maximum absolute atomic E-state index is 13.9. The Morgan fingerprint density at radius 3 is 2.09 bits per heavy atom. The Balaban J connectivity index is 0.000000421. The van der Waals surface area contributed by atoms with E-state index in [0.717, 1.165) is 17.3 Å². The smallest absolute Gasteiger partial charge is 0.490 e. The largest absolute Gasteiger partial charge is 0.496 e. The Labute approximate surface area is 252 Å². The first-order chi connectivity index (χ1) is 20.7. The molecular formula is C26H21ClF7N5O6. The van der Waals surface area contributed by atoms with Crippen molar-refractivity contribution in [1.29, 1.82) is 0 Å². The predicted molar refractivity (Wildman–Crippen MR) is 145 cm³/mol. The second-order valence-electron chi connectivity index (χ2n) is 8.70. The molecule has 1 atom stereocenters. The highest BCUT2D eigenvalue weighted by Crippen LogP contribution is 2.43. The number of halogens is 8. The number of alkyl halides is 6. The van der Waals surface area contributed by atoms with Crippen LogP contribution in [0.2, 0.25) is 5.02 Å². The molecule has 0 bridgehead atoms. The number of fused-ring (bicyclic) bond motifs is 1. The van der Waals surface area contributed by atoms with E-state index in [1.165, 1.54) is 18.5 Å². The molecule has 45 heavy (non-hydrogen) atoms. The fraction of sp³-hybridized carbons (Fsp3) is 0.231. The van der Waals surface area contributed by atoms with Crippen molar-refractivity contribution in [3.05, 3.63) is 75.3 Å². The van der Waals surface area contributed by atoms with E-state index < -0.39 is 30.1 Å². The first-order valence-corrected chi connectivity index (χ1v) is 12.3. The number of pyridine rings is 2. The molecule has 11 nitrogen and oxygen atoms in total. The Hall–Kier alpha value is -5.00. The molecule has 0 amide bonds. The molecule has 0 aliphatic carbocycles. The second kappa shape index (κ2) is 14.2. The van der Waals surface area contributed by atoms with Crippen LogP contribution < -0.4 is 15.9 Å². The Morgan fingerprint density at radius 2 is 1.60 bits per heavy atom. The van der Waals surface area contributed by atoms with E-state index in [4.69, 9.17) is 41.9 Å². The van der Waals surface area contributed by atoms with Crippen LogP contribution in [0.3, 0.4) is 0 Å². The summed E-state index contributed by atoms with van der Waals surface area (Å²) in [4.78, 5) is 42.3. The third-order valence-corrected chi connectivity index (χ3v) is 6.18. The molecule has 0 radical (unpaired) electrons. The number of hydrogen-bond donors (Lipinski definition) is 3. The minimum absolute atomic E-state index is 0.108. The van der Waals surface area contributed by atoms with Crippen molar-refractivity contribution < 1.29 is 55.3 Å². The highest BCUT2D eigenvalue weighted by Gasteiger charge is 2.38. The van der Waals surface area contributed by atoms with Gasteiger partial charge in [-0.1, -0.05) is 11.6 Å². The molecule has 19 heteroatoms. The highest BCUT2D eigenvalue weighted by atomic mass is 35.5. The zero-order valence-electron chi connectivity index (χ0n) is 23.0. The zero-order chi connectivity index (χ0) is 34.4. The third kappa shape index (κ3) is 8.78. The summed E-state index contributed by atoms with van der Waals surface area (Å²) in [6, 6.07) is 4.24. The highest BCUT2D eigenvalue weighted by molar-refractivity contribution is 6.32. The maximum atomic E-state index is 13.9. The van der Waals surface area contributed by atoms with Gasteiger partial charge < -0.3 is 25.3 Å². The van der Waals surface area contributed by atoms with E-state index in [2.05, 4.69) is 15.0 Å². The number of rotatable bonds is 4. The number of aliphatic carboxylic acids is 2. The van der Waals surface area contributed by atoms with Gasteiger partial charge in [0.25, 0.3) is 0 Å². The minimum atomic E-state index is -5.08. The van der Waals surface area contributed by atoms with Crippen LogP contribution in [0.25, 0.3) is 22.2 Å². The zero-order valence-corrected chi connectivity index (χ0v) is 23.8. The minimum Gasteiger partial charge on any atom is -0.496 e. The van der Waals surface area contributed by atoms with E-state index in [-0.39, 0.29) is 22.7 Å². The Kier molecular flexibility index (Phi) is 11.4. The van der Waals surface area contributed by atoms with Gasteiger partial charge in [0.2, 0.25) is 0 Å². The van der Waals surface area contributed by atoms with Gasteiger partial charge in [0.1, 0.15) is 34.7 Å². The quantitative estimate of drug-likeness (QED) is 0.239. The lowest BCUT2D eigenvalue weighted by Gasteiger charge is -2.24. The van der Waals surface area contributed by atoms with Gasteiger partial charge in [0, 0.05) is 40.2 Å². The topological polar surface area (TPSA) is 171 Å². The van der Waals surface area contributed by atoms with Crippen molar-refractivity contribution in [3.8, 4) is 16.9 Å². The monoisotopic (exact) mass is 667 g/mol. The number of carboxylic acid groups (broad SMARTS) is 2. The lowest BCUT2D eigenvalue weighted by Crippen LogP contribution is -2.21. The molecule has 0 fully saturated rings. The van der Waals surface area contributed by atoms with Gasteiger partial charge in [-0.25, -0.2) is 23.9 Å². The molecular weight excluding hydrogens is 647 g/mol. The average molecular weight is 668 g/mol. The van der Waals surface area contributed by atoms with Crippen molar-refractivity contribution in [2.45, 2.75) is 32.2 Å². The van der Waals surface area contributed by atoms with Crippen molar-refractivity contribution >= 4 is 40.4 Å². The van der Waals surface area contributed by atoms with E-state index in [0.29, 0.717) is 27.5 Å². The predicted octanol–water partition coefficient (Wildman–Crippen LogP) is 5.42. The Morgan fingerprint density at radius 1 is 1.04 bits per heavy atom. The number of hydrogen-bond acceptors (Lipinski definition) is 8. The number of carboxylic acids is 2. The molecule has 1 unspecified atom stereocenters. The summed E-state index contributed by atoms with van der Waals surface area (Å²) >= 11 is 6.56. The normalized spacial score (nSPS) is 11.9. The summed E-state index contributed by atoms with van der Waals surface area (Å²) in [7, 11) is 1.54. The summed E-state index contributed by atoms with van der Waals surface area (Å²) in [6.45, 7) is 3.75. The van der Waals surface area contributed by atoms with Crippen LogP contribution in [0.4, 0.5) is 36.6 Å². The first-order valence-electron chi connectivity index (χ1n) is 11.9. The molecule has 242 valence electrons. The summed E-state index contributed by atoms with van der Waals surface area (Å²) in [6.07, 6.45) is -4.53. The lowest BCUT2D eigenvalue weighted by atomic mass is 9.94. The number of benzene rings is 1. The third-order valence-electron chi connectivity index (χ3n) is 5.79. The van der Waals surface area contributed by atoms with Gasteiger partial charge in [0.05, 0.1) is 19.3 Å². The van der Waals surface area contributed by atoms with Crippen LogP contribution in [0.5, 0.6) is 5.75 Å². The van der Waals surface area contributed by atoms with Crippen LogP contribution in [0, 0.1) is 12.7 Å². The number of nitrogen functional groups attached to an aromatic ring is 1. The number of nitrogens with two attached hydrogens (primary N) is 1. The molecule has 0 aliphatic rings. The van der Waals surface area contributed by atoms with E-state index in [9.17, 15) is 35.5 Å². The van der Waals surface area contributed by atoms with Crippen molar-refractivity contribution in [2.24, 2.45) is 0 Å². The van der Waals surface area contributed by atoms with Crippen molar-refractivity contribution in [2.75, 3.05) is 12.8 Å². The summed E-state index contributed by atoms with van der Waals surface area (Å²) in [5.41, 5.74) is 8.69. The number of ether oxygens (including phenoxy) is 1. The molecule has 0 aliphatic heterocycles. The molecule has 4 N–H and O–H groups in total. The number of carbonyl (C=O) groups is 2. The van der Waals surface area contributed by atoms with Gasteiger partial charge in [0.15, 0.2) is 5.43 Å². The molecule has 0 saturated carbocycles. The van der Waals surface area contributed by atoms with Gasteiger partial charge in [-0.3, -0.25) is 9.78 Å². The first kappa shape index (κ1) is 36.2. The van der Waals surface area contributed by atoms with Crippen LogP contribution in [0.1, 0.15) is 24.1 Å². The van der Waals surface area contributed by atoms with E-state index in [1.54, 1.807) is 30.1 Å². The van der Waals surface area contributed by atoms with Crippen LogP contribution in [-0.2, 0) is 9.59 Å². The molecule has 3 heterocycles. The number of anilines is 1. The number of aromatic nitrogens is 4. The lowest BCUT2D eigenvalue weighted by molar-refractivity contribution is -0.193. The fourth-order valence-corrected chi connectivity index (χ4v) is 3.97. The summed E-state index contributed by atoms with van der Waals surface area (Å²) < 4.78 is 84.9. The van der Waals surface area contributed by atoms with Crippen molar-refractivity contribution in [1.82, 2.24) is 19.5 Å². The van der Waals surface area contributed by atoms with Crippen molar-refractivity contribution in [3.63, 3.8) is 0 Å². The maximum Gasteiger partial charge on any atom is 0.490 e. The van der Waals surface area contributed by atoms with Gasteiger partial charge >= 0.3 is 24.3 Å². The SMILES string of the molecule is COc1c(C(C)n2ccc(=O)c3c(N)ncnc32)cc(Cl)c(C)c1-c1cncc(F)c1.O=C(O)C(F)(F)F.O=C(O)C(F)(F)F. The number of nitrogens with zero attached hydrogens (tertiary/aromatic N) is 4.